The van der Waals surface area contributed by atoms with E-state index >= 15 is 0 Å². The summed E-state index contributed by atoms with van der Waals surface area (Å²) < 4.78 is 7.44. The summed E-state index contributed by atoms with van der Waals surface area (Å²) in [6.07, 6.45) is 2.22. The van der Waals surface area contributed by atoms with Gasteiger partial charge in [0.2, 0.25) is 5.91 Å². The van der Waals surface area contributed by atoms with Gasteiger partial charge in [-0.3, -0.25) is 9.69 Å². The average molecular weight is 353 g/mol. The van der Waals surface area contributed by atoms with E-state index in [-0.39, 0.29) is 5.91 Å². The number of amides is 1. The highest BCUT2D eigenvalue weighted by Crippen LogP contribution is 2.27. The zero-order valence-electron chi connectivity index (χ0n) is 14.6. The zero-order valence-corrected chi connectivity index (χ0v) is 15.4. The van der Waals surface area contributed by atoms with Crippen LogP contribution in [0, 0.1) is 0 Å². The predicted molar refractivity (Wildman–Crippen MR) is 93.2 cm³/mol. The molecule has 134 valence electrons. The molecular weight excluding hydrogens is 326 g/mol. The maximum Gasteiger partial charge on any atom is 0.236 e. The molecule has 0 spiro atoms. The standard InChI is InChI=1S/C16H27N5O2S/c1-3-24-16-18-17-15(19(16)2)13-5-4-6-20(11-13)12-14(22)21-7-9-23-10-8-21/h13H,3-12H2,1-2H3. The molecule has 7 nitrogen and oxygen atoms in total. The van der Waals surface area contributed by atoms with E-state index in [4.69, 9.17) is 4.74 Å². The second-order valence-corrected chi connectivity index (χ2v) is 7.63. The Kier molecular flexibility index (Phi) is 6.13. The first-order chi connectivity index (χ1) is 11.7. The van der Waals surface area contributed by atoms with Gasteiger partial charge in [-0.2, -0.15) is 0 Å². The van der Waals surface area contributed by atoms with Crippen LogP contribution in [0.25, 0.3) is 0 Å². The maximum absolute atomic E-state index is 12.5. The molecule has 3 heterocycles. The molecule has 1 amide bonds. The van der Waals surface area contributed by atoms with Gasteiger partial charge < -0.3 is 14.2 Å². The summed E-state index contributed by atoms with van der Waals surface area (Å²) in [5.41, 5.74) is 0. The highest BCUT2D eigenvalue weighted by Gasteiger charge is 2.28. The molecule has 0 aliphatic carbocycles. The molecule has 2 aliphatic heterocycles. The Balaban J connectivity index is 1.59. The van der Waals surface area contributed by atoms with E-state index in [2.05, 4.69) is 26.6 Å². The van der Waals surface area contributed by atoms with Crippen molar-refractivity contribution >= 4 is 17.7 Å². The molecule has 0 bridgehead atoms. The lowest BCUT2D eigenvalue weighted by atomic mass is 9.97. The molecule has 8 heteroatoms. The Morgan fingerprint density at radius 1 is 1.29 bits per heavy atom. The fraction of sp³-hybridized carbons (Fsp3) is 0.812. The van der Waals surface area contributed by atoms with Crippen molar-refractivity contribution in [1.82, 2.24) is 24.6 Å². The first-order valence-corrected chi connectivity index (χ1v) is 9.77. The summed E-state index contributed by atoms with van der Waals surface area (Å²) >= 11 is 1.72. The first kappa shape index (κ1) is 17.7. The zero-order chi connectivity index (χ0) is 16.9. The van der Waals surface area contributed by atoms with Crippen molar-refractivity contribution in [2.75, 3.05) is 51.7 Å². The molecule has 0 aromatic carbocycles. The molecule has 1 unspecified atom stereocenters. The average Bonchev–Trinajstić information content (AvgIpc) is 2.97. The summed E-state index contributed by atoms with van der Waals surface area (Å²) in [6.45, 7) is 7.26. The third kappa shape index (κ3) is 4.10. The van der Waals surface area contributed by atoms with Gasteiger partial charge in [0.15, 0.2) is 5.16 Å². The Hall–Kier alpha value is -1.12. The van der Waals surface area contributed by atoms with Crippen LogP contribution in [0.2, 0.25) is 0 Å². The molecule has 0 radical (unpaired) electrons. The summed E-state index contributed by atoms with van der Waals surface area (Å²) in [5.74, 6) is 2.63. The highest BCUT2D eigenvalue weighted by molar-refractivity contribution is 7.99. The number of likely N-dealkylation sites (tertiary alicyclic amines) is 1. The Morgan fingerprint density at radius 3 is 2.83 bits per heavy atom. The van der Waals surface area contributed by atoms with Crippen LogP contribution in [0.4, 0.5) is 0 Å². The monoisotopic (exact) mass is 353 g/mol. The van der Waals surface area contributed by atoms with Crippen LogP contribution in [0.1, 0.15) is 31.5 Å². The number of rotatable bonds is 5. The van der Waals surface area contributed by atoms with Gasteiger partial charge in [0, 0.05) is 32.6 Å². The van der Waals surface area contributed by atoms with Crippen molar-refractivity contribution in [1.29, 1.82) is 0 Å². The number of hydrogen-bond donors (Lipinski definition) is 0. The molecule has 2 fully saturated rings. The normalized spacial score (nSPS) is 22.8. The van der Waals surface area contributed by atoms with E-state index in [1.807, 2.05) is 11.9 Å². The van der Waals surface area contributed by atoms with Crippen LogP contribution in [-0.4, -0.2) is 82.2 Å². The lowest BCUT2D eigenvalue weighted by molar-refractivity contribution is -0.136. The minimum absolute atomic E-state index is 0.221. The summed E-state index contributed by atoms with van der Waals surface area (Å²) in [6, 6.07) is 0. The van der Waals surface area contributed by atoms with Gasteiger partial charge in [-0.15, -0.1) is 10.2 Å². The maximum atomic E-state index is 12.5. The Bertz CT molecular complexity index is 559. The molecule has 3 rings (SSSR count). The van der Waals surface area contributed by atoms with Crippen LogP contribution in [-0.2, 0) is 16.6 Å². The van der Waals surface area contributed by atoms with Crippen molar-refractivity contribution in [2.24, 2.45) is 7.05 Å². The van der Waals surface area contributed by atoms with Gasteiger partial charge in [0.25, 0.3) is 0 Å². The van der Waals surface area contributed by atoms with E-state index in [1.54, 1.807) is 11.8 Å². The van der Waals surface area contributed by atoms with E-state index in [0.29, 0.717) is 25.7 Å². The van der Waals surface area contributed by atoms with E-state index in [1.165, 1.54) is 0 Å². The number of ether oxygens (including phenoxy) is 1. The molecule has 2 saturated heterocycles. The first-order valence-electron chi connectivity index (χ1n) is 8.79. The molecule has 0 N–H and O–H groups in total. The van der Waals surface area contributed by atoms with Crippen LogP contribution in [0.15, 0.2) is 5.16 Å². The third-order valence-electron chi connectivity index (χ3n) is 4.74. The number of carbonyl (C=O) groups excluding carboxylic acids is 1. The van der Waals surface area contributed by atoms with Gasteiger partial charge in [0.1, 0.15) is 5.82 Å². The minimum Gasteiger partial charge on any atom is -0.378 e. The molecule has 1 aromatic rings. The number of thioether (sulfide) groups is 1. The lowest BCUT2D eigenvalue weighted by Crippen LogP contribution is -2.47. The number of aromatic nitrogens is 3. The summed E-state index contributed by atoms with van der Waals surface area (Å²) in [4.78, 5) is 16.7. The highest BCUT2D eigenvalue weighted by atomic mass is 32.2. The smallest absolute Gasteiger partial charge is 0.236 e. The second-order valence-electron chi connectivity index (χ2n) is 6.40. The van der Waals surface area contributed by atoms with Gasteiger partial charge in [0.05, 0.1) is 19.8 Å². The number of carbonyl (C=O) groups is 1. The van der Waals surface area contributed by atoms with E-state index in [9.17, 15) is 4.79 Å². The molecule has 2 aliphatic rings. The quantitative estimate of drug-likeness (QED) is 0.735. The van der Waals surface area contributed by atoms with Crippen molar-refractivity contribution < 1.29 is 9.53 Å². The Morgan fingerprint density at radius 2 is 2.08 bits per heavy atom. The molecule has 0 saturated carbocycles. The minimum atomic E-state index is 0.221. The van der Waals surface area contributed by atoms with Gasteiger partial charge in [-0.05, 0) is 25.1 Å². The number of morpholine rings is 1. The van der Waals surface area contributed by atoms with Crippen LogP contribution in [0.5, 0.6) is 0 Å². The molecular formula is C16H27N5O2S. The molecule has 1 atom stereocenters. The lowest BCUT2D eigenvalue weighted by Gasteiger charge is -2.34. The van der Waals surface area contributed by atoms with E-state index < -0.39 is 0 Å². The Labute approximate surface area is 147 Å². The molecule has 24 heavy (non-hydrogen) atoms. The third-order valence-corrected chi connectivity index (χ3v) is 5.64. The predicted octanol–water partition coefficient (Wildman–Crippen LogP) is 0.965. The fourth-order valence-corrected chi connectivity index (χ4v) is 4.09. The van der Waals surface area contributed by atoms with Crippen LogP contribution in [0.3, 0.4) is 0 Å². The summed E-state index contributed by atoms with van der Waals surface area (Å²) in [7, 11) is 2.05. The van der Waals surface area contributed by atoms with Crippen LogP contribution >= 0.6 is 11.8 Å². The number of hydrogen-bond acceptors (Lipinski definition) is 6. The summed E-state index contributed by atoms with van der Waals surface area (Å²) in [5, 5.41) is 9.70. The van der Waals surface area contributed by atoms with E-state index in [0.717, 1.165) is 55.8 Å². The fourth-order valence-electron chi connectivity index (χ4n) is 3.45. The van der Waals surface area contributed by atoms with Gasteiger partial charge in [-0.1, -0.05) is 18.7 Å². The topological polar surface area (TPSA) is 63.5 Å². The number of nitrogens with zero attached hydrogens (tertiary/aromatic N) is 5. The van der Waals surface area contributed by atoms with Crippen molar-refractivity contribution in [3.05, 3.63) is 5.82 Å². The van der Waals surface area contributed by atoms with Crippen molar-refractivity contribution in [3.63, 3.8) is 0 Å². The SMILES string of the molecule is CCSc1nnc(C2CCCN(CC(=O)N3CCOCC3)C2)n1C. The molecule has 1 aromatic heterocycles. The van der Waals surface area contributed by atoms with Crippen molar-refractivity contribution in [2.45, 2.75) is 30.8 Å². The van der Waals surface area contributed by atoms with Gasteiger partial charge >= 0.3 is 0 Å². The van der Waals surface area contributed by atoms with Crippen molar-refractivity contribution in [3.8, 4) is 0 Å². The van der Waals surface area contributed by atoms with Crippen LogP contribution < -0.4 is 0 Å². The van der Waals surface area contributed by atoms with Gasteiger partial charge in [-0.25, -0.2) is 0 Å². The largest absolute Gasteiger partial charge is 0.378 e. The second kappa shape index (κ2) is 8.31. The number of piperidine rings is 1.